The van der Waals surface area contributed by atoms with Gasteiger partial charge in [-0.2, -0.15) is 0 Å². The summed E-state index contributed by atoms with van der Waals surface area (Å²) in [5.41, 5.74) is 3.32. The Labute approximate surface area is 185 Å². The smallest absolute Gasteiger partial charge is 0.308 e. The van der Waals surface area contributed by atoms with E-state index in [1.807, 2.05) is 12.1 Å². The molecule has 1 aliphatic heterocycles. The van der Waals surface area contributed by atoms with Gasteiger partial charge >= 0.3 is 5.97 Å². The van der Waals surface area contributed by atoms with Crippen molar-refractivity contribution in [1.29, 1.82) is 0 Å². The molecule has 0 N–H and O–H groups in total. The summed E-state index contributed by atoms with van der Waals surface area (Å²) in [6.45, 7) is 4.91. The SMILES string of the molecule is COc1cc2c(cc1OC)C(OC(C)=O)=C(CC1CCN(CC3C=CC=CC3)CC1)C2. The second kappa shape index (κ2) is 9.73. The van der Waals surface area contributed by atoms with Gasteiger partial charge in [-0.25, -0.2) is 0 Å². The minimum Gasteiger partial charge on any atom is -0.493 e. The van der Waals surface area contributed by atoms with Crippen molar-refractivity contribution in [2.45, 2.75) is 39.0 Å². The van der Waals surface area contributed by atoms with Crippen LogP contribution in [0.2, 0.25) is 0 Å². The molecular formula is C26H33NO4. The lowest BCUT2D eigenvalue weighted by atomic mass is 9.88. The molecule has 1 atom stereocenters. The maximum Gasteiger partial charge on any atom is 0.308 e. The van der Waals surface area contributed by atoms with E-state index in [2.05, 4.69) is 29.2 Å². The lowest BCUT2D eigenvalue weighted by Gasteiger charge is -2.34. The zero-order chi connectivity index (χ0) is 21.8. The van der Waals surface area contributed by atoms with E-state index >= 15 is 0 Å². The van der Waals surface area contributed by atoms with Crippen LogP contribution < -0.4 is 9.47 Å². The highest BCUT2D eigenvalue weighted by molar-refractivity contribution is 5.82. The molecule has 0 bridgehead atoms. The molecule has 1 fully saturated rings. The van der Waals surface area contributed by atoms with E-state index in [0.29, 0.717) is 23.3 Å². The fourth-order valence-electron chi connectivity index (χ4n) is 5.04. The van der Waals surface area contributed by atoms with Crippen molar-refractivity contribution >= 4 is 11.7 Å². The first kappa shape index (κ1) is 21.7. The maximum absolute atomic E-state index is 11.8. The Kier molecular flexibility index (Phi) is 6.81. The average molecular weight is 424 g/mol. The van der Waals surface area contributed by atoms with Gasteiger partial charge in [0.25, 0.3) is 0 Å². The van der Waals surface area contributed by atoms with E-state index in [1.165, 1.54) is 25.3 Å². The second-order valence-corrected chi connectivity index (χ2v) is 8.82. The van der Waals surface area contributed by atoms with Crippen LogP contribution in [0.1, 0.15) is 43.7 Å². The number of methoxy groups -OCH3 is 2. The minimum atomic E-state index is -0.278. The van der Waals surface area contributed by atoms with Gasteiger partial charge in [0, 0.05) is 19.0 Å². The van der Waals surface area contributed by atoms with Gasteiger partial charge < -0.3 is 19.1 Å². The topological polar surface area (TPSA) is 48.0 Å². The maximum atomic E-state index is 11.8. The number of hydrogen-bond donors (Lipinski definition) is 0. The highest BCUT2D eigenvalue weighted by Gasteiger charge is 2.30. The van der Waals surface area contributed by atoms with Crippen molar-refractivity contribution in [3.8, 4) is 11.5 Å². The van der Waals surface area contributed by atoms with Crippen molar-refractivity contribution in [3.05, 3.63) is 53.1 Å². The number of esters is 1. The molecule has 1 heterocycles. The highest BCUT2D eigenvalue weighted by Crippen LogP contribution is 2.43. The molecule has 0 aromatic heterocycles. The number of likely N-dealkylation sites (tertiary alicyclic amines) is 1. The number of carbonyl (C=O) groups excluding carboxylic acids is 1. The molecule has 5 nitrogen and oxygen atoms in total. The van der Waals surface area contributed by atoms with Gasteiger partial charge in [0.05, 0.1) is 14.2 Å². The van der Waals surface area contributed by atoms with Crippen LogP contribution in [0.4, 0.5) is 0 Å². The molecule has 3 aliphatic rings. The van der Waals surface area contributed by atoms with E-state index in [1.54, 1.807) is 14.2 Å². The molecule has 1 aromatic carbocycles. The van der Waals surface area contributed by atoms with Gasteiger partial charge in [0.1, 0.15) is 5.76 Å². The number of benzene rings is 1. The molecule has 166 valence electrons. The van der Waals surface area contributed by atoms with Crippen LogP contribution in [-0.4, -0.2) is 44.7 Å². The van der Waals surface area contributed by atoms with Gasteiger partial charge in [-0.3, -0.25) is 4.79 Å². The highest BCUT2D eigenvalue weighted by atomic mass is 16.5. The Hall–Kier alpha value is -2.53. The van der Waals surface area contributed by atoms with Crippen molar-refractivity contribution in [2.24, 2.45) is 11.8 Å². The molecular weight excluding hydrogens is 390 g/mol. The summed E-state index contributed by atoms with van der Waals surface area (Å²) in [6.07, 6.45) is 14.2. The number of fused-ring (bicyclic) bond motifs is 1. The van der Waals surface area contributed by atoms with Crippen LogP contribution in [0.25, 0.3) is 5.76 Å². The van der Waals surface area contributed by atoms with Gasteiger partial charge in [0.15, 0.2) is 11.5 Å². The molecule has 5 heteroatoms. The molecule has 1 unspecified atom stereocenters. The molecule has 4 rings (SSSR count). The first-order valence-electron chi connectivity index (χ1n) is 11.3. The van der Waals surface area contributed by atoms with E-state index in [9.17, 15) is 4.79 Å². The normalized spacial score (nSPS) is 21.3. The van der Waals surface area contributed by atoms with Crippen LogP contribution in [-0.2, 0) is 16.0 Å². The van der Waals surface area contributed by atoms with E-state index < -0.39 is 0 Å². The molecule has 0 amide bonds. The predicted octanol–water partition coefficient (Wildman–Crippen LogP) is 4.77. The van der Waals surface area contributed by atoms with Gasteiger partial charge in [-0.05, 0) is 80.3 Å². The Bertz CT molecular complexity index is 906. The van der Waals surface area contributed by atoms with Crippen LogP contribution in [0.3, 0.4) is 0 Å². The third kappa shape index (κ3) is 5.04. The summed E-state index contributed by atoms with van der Waals surface area (Å²) in [6, 6.07) is 3.95. The molecule has 0 spiro atoms. The fourth-order valence-corrected chi connectivity index (χ4v) is 5.04. The molecule has 1 aromatic rings. The third-order valence-corrected chi connectivity index (χ3v) is 6.63. The van der Waals surface area contributed by atoms with E-state index in [-0.39, 0.29) is 5.97 Å². The van der Waals surface area contributed by atoms with E-state index in [0.717, 1.165) is 55.8 Å². The average Bonchev–Trinajstić information content (AvgIpc) is 3.10. The molecule has 0 saturated carbocycles. The van der Waals surface area contributed by atoms with Crippen LogP contribution >= 0.6 is 0 Å². The Balaban J connectivity index is 1.43. The number of hydrogen-bond acceptors (Lipinski definition) is 5. The van der Waals surface area contributed by atoms with Crippen LogP contribution in [0.15, 0.2) is 42.0 Å². The van der Waals surface area contributed by atoms with Crippen LogP contribution in [0, 0.1) is 11.8 Å². The summed E-state index contributed by atoms with van der Waals surface area (Å²) >= 11 is 0. The zero-order valence-electron chi connectivity index (χ0n) is 18.9. The third-order valence-electron chi connectivity index (χ3n) is 6.63. The molecule has 31 heavy (non-hydrogen) atoms. The van der Waals surface area contributed by atoms with Gasteiger partial charge in [-0.1, -0.05) is 24.3 Å². The summed E-state index contributed by atoms with van der Waals surface area (Å²) in [5, 5.41) is 0. The second-order valence-electron chi connectivity index (χ2n) is 8.82. The Morgan fingerprint density at radius 2 is 1.84 bits per heavy atom. The first-order valence-corrected chi connectivity index (χ1v) is 11.3. The zero-order valence-corrected chi connectivity index (χ0v) is 18.9. The first-order chi connectivity index (χ1) is 15.1. The van der Waals surface area contributed by atoms with Crippen LogP contribution in [0.5, 0.6) is 11.5 Å². The largest absolute Gasteiger partial charge is 0.493 e. The number of rotatable bonds is 7. The number of piperidine rings is 1. The molecule has 0 radical (unpaired) electrons. The quantitative estimate of drug-likeness (QED) is 0.592. The number of carbonyl (C=O) groups is 1. The van der Waals surface area contributed by atoms with Crippen molar-refractivity contribution in [2.75, 3.05) is 33.9 Å². The van der Waals surface area contributed by atoms with Gasteiger partial charge in [0.2, 0.25) is 0 Å². The Morgan fingerprint density at radius 3 is 2.48 bits per heavy atom. The summed E-state index contributed by atoms with van der Waals surface area (Å²) in [5.74, 6) is 3.09. The van der Waals surface area contributed by atoms with Crippen molar-refractivity contribution in [3.63, 3.8) is 0 Å². The molecule has 1 saturated heterocycles. The molecule has 2 aliphatic carbocycles. The lowest BCUT2D eigenvalue weighted by Crippen LogP contribution is -2.37. The summed E-state index contributed by atoms with van der Waals surface area (Å²) < 4.78 is 16.6. The van der Waals surface area contributed by atoms with Gasteiger partial charge in [-0.15, -0.1) is 0 Å². The fraction of sp³-hybridized carbons (Fsp3) is 0.500. The summed E-state index contributed by atoms with van der Waals surface area (Å²) in [7, 11) is 3.27. The lowest BCUT2D eigenvalue weighted by molar-refractivity contribution is -0.134. The number of allylic oxidation sites excluding steroid dienone is 4. The van der Waals surface area contributed by atoms with E-state index in [4.69, 9.17) is 14.2 Å². The monoisotopic (exact) mass is 423 g/mol. The number of nitrogens with zero attached hydrogens (tertiary/aromatic N) is 1. The predicted molar refractivity (Wildman–Crippen MR) is 122 cm³/mol. The number of ether oxygens (including phenoxy) is 3. The Morgan fingerprint density at radius 1 is 1.10 bits per heavy atom. The summed E-state index contributed by atoms with van der Waals surface area (Å²) in [4.78, 5) is 14.4. The standard InChI is InChI=1S/C26H33NO4/c1-18(28)31-26-22(14-21-15-24(29-2)25(30-3)16-23(21)26)13-19-9-11-27(12-10-19)17-20-7-5-4-6-8-20/h4-7,15-16,19-20H,8-14,17H2,1-3H3. The van der Waals surface area contributed by atoms with Crippen molar-refractivity contribution < 1.29 is 19.0 Å². The minimum absolute atomic E-state index is 0.278. The van der Waals surface area contributed by atoms with Crippen molar-refractivity contribution in [1.82, 2.24) is 4.90 Å².